The van der Waals surface area contributed by atoms with Crippen LogP contribution in [0.2, 0.25) is 0 Å². The van der Waals surface area contributed by atoms with Crippen molar-refractivity contribution >= 4 is 12.0 Å². The molecule has 1 amide bonds. The average molecular weight is 262 g/mol. The van der Waals surface area contributed by atoms with E-state index in [0.717, 1.165) is 25.9 Å². The zero-order valence-corrected chi connectivity index (χ0v) is 11.1. The third-order valence-electron chi connectivity index (χ3n) is 3.37. The molecule has 0 aliphatic carbocycles. The number of likely N-dealkylation sites (tertiary alicyclic amines) is 1. The molecule has 1 aromatic rings. The molecule has 102 valence electrons. The van der Waals surface area contributed by atoms with Gasteiger partial charge in [-0.2, -0.15) is 0 Å². The Morgan fingerprint density at radius 2 is 2.42 bits per heavy atom. The molecule has 1 atom stereocenters. The molecule has 1 saturated heterocycles. The smallest absolute Gasteiger partial charge is 0.246 e. The van der Waals surface area contributed by atoms with Crippen LogP contribution in [0.25, 0.3) is 6.08 Å². The van der Waals surface area contributed by atoms with Crippen molar-refractivity contribution < 1.29 is 9.18 Å². The van der Waals surface area contributed by atoms with E-state index in [1.54, 1.807) is 18.2 Å². The number of carbonyl (C=O) groups excluding carboxylic acids is 1. The van der Waals surface area contributed by atoms with Gasteiger partial charge in [0.15, 0.2) is 0 Å². The Morgan fingerprint density at radius 3 is 3.16 bits per heavy atom. The molecule has 0 aromatic heterocycles. The van der Waals surface area contributed by atoms with Gasteiger partial charge in [0, 0.05) is 25.2 Å². The van der Waals surface area contributed by atoms with E-state index >= 15 is 0 Å². The number of nitrogens with zero attached hydrogens (tertiary/aromatic N) is 1. The largest absolute Gasteiger partial charge is 0.335 e. The summed E-state index contributed by atoms with van der Waals surface area (Å²) < 4.78 is 13.0. The summed E-state index contributed by atoms with van der Waals surface area (Å²) in [5, 5.41) is 3.11. The molecule has 1 fully saturated rings. The van der Waals surface area contributed by atoms with E-state index in [-0.39, 0.29) is 17.8 Å². The Balaban J connectivity index is 2.00. The first-order valence-electron chi connectivity index (χ1n) is 6.59. The third-order valence-corrected chi connectivity index (χ3v) is 3.37. The molecule has 1 aliphatic rings. The van der Waals surface area contributed by atoms with Crippen molar-refractivity contribution in [3.05, 3.63) is 41.7 Å². The minimum atomic E-state index is -0.288. The zero-order valence-electron chi connectivity index (χ0n) is 11.1. The van der Waals surface area contributed by atoms with Crippen molar-refractivity contribution in [2.45, 2.75) is 18.9 Å². The number of hydrogen-bond acceptors (Lipinski definition) is 2. The van der Waals surface area contributed by atoms with Gasteiger partial charge in [-0.3, -0.25) is 4.79 Å². The van der Waals surface area contributed by atoms with E-state index in [2.05, 4.69) is 5.32 Å². The summed E-state index contributed by atoms with van der Waals surface area (Å²) in [6, 6.07) is 6.50. The number of hydrogen-bond donors (Lipinski definition) is 1. The first-order valence-corrected chi connectivity index (χ1v) is 6.59. The number of halogens is 1. The molecule has 1 aliphatic heterocycles. The van der Waals surface area contributed by atoms with Gasteiger partial charge < -0.3 is 10.2 Å². The van der Waals surface area contributed by atoms with Crippen LogP contribution < -0.4 is 5.32 Å². The maximum atomic E-state index is 13.0. The molecule has 0 bridgehead atoms. The highest BCUT2D eigenvalue weighted by Crippen LogP contribution is 2.17. The summed E-state index contributed by atoms with van der Waals surface area (Å²) in [7, 11) is 1.89. The SMILES string of the molecule is CNCC1CCCN1C(=O)/C=C/c1cccc(F)c1. The minimum absolute atomic E-state index is 0.00186. The van der Waals surface area contributed by atoms with Gasteiger partial charge in [0.25, 0.3) is 0 Å². The Bertz CT molecular complexity index is 473. The summed E-state index contributed by atoms with van der Waals surface area (Å²) in [6.07, 6.45) is 5.29. The van der Waals surface area contributed by atoms with Crippen LogP contribution in [0.15, 0.2) is 30.3 Å². The number of benzene rings is 1. The Morgan fingerprint density at radius 1 is 1.58 bits per heavy atom. The highest BCUT2D eigenvalue weighted by Gasteiger charge is 2.26. The lowest BCUT2D eigenvalue weighted by molar-refractivity contribution is -0.126. The molecule has 1 heterocycles. The van der Waals surface area contributed by atoms with Gasteiger partial charge in [-0.05, 0) is 43.7 Å². The molecule has 0 saturated carbocycles. The molecule has 1 N–H and O–H groups in total. The second-order valence-corrected chi connectivity index (χ2v) is 4.77. The number of likely N-dealkylation sites (N-methyl/N-ethyl adjacent to an activating group) is 1. The molecule has 19 heavy (non-hydrogen) atoms. The van der Waals surface area contributed by atoms with Gasteiger partial charge in [0.05, 0.1) is 0 Å². The maximum Gasteiger partial charge on any atom is 0.246 e. The lowest BCUT2D eigenvalue weighted by Crippen LogP contribution is -2.39. The van der Waals surface area contributed by atoms with E-state index in [4.69, 9.17) is 0 Å². The van der Waals surface area contributed by atoms with Gasteiger partial charge in [0.1, 0.15) is 5.82 Å². The van der Waals surface area contributed by atoms with Crippen molar-refractivity contribution in [1.29, 1.82) is 0 Å². The van der Waals surface area contributed by atoms with Crippen LogP contribution in [0.1, 0.15) is 18.4 Å². The topological polar surface area (TPSA) is 32.3 Å². The molecule has 0 radical (unpaired) electrons. The van der Waals surface area contributed by atoms with Gasteiger partial charge in [0.2, 0.25) is 5.91 Å². The van der Waals surface area contributed by atoms with Crippen LogP contribution in [0, 0.1) is 5.82 Å². The molecular weight excluding hydrogens is 243 g/mol. The normalized spacial score (nSPS) is 19.3. The Kier molecular flexibility index (Phi) is 4.68. The summed E-state index contributed by atoms with van der Waals surface area (Å²) in [5.41, 5.74) is 0.706. The molecule has 3 nitrogen and oxygen atoms in total. The van der Waals surface area contributed by atoms with Gasteiger partial charge in [-0.1, -0.05) is 12.1 Å². The highest BCUT2D eigenvalue weighted by molar-refractivity contribution is 5.92. The fourth-order valence-electron chi connectivity index (χ4n) is 2.45. The average Bonchev–Trinajstić information content (AvgIpc) is 2.85. The molecule has 4 heteroatoms. The summed E-state index contributed by atoms with van der Waals surface area (Å²) >= 11 is 0. The van der Waals surface area contributed by atoms with E-state index in [1.807, 2.05) is 11.9 Å². The summed E-state index contributed by atoms with van der Waals surface area (Å²) in [6.45, 7) is 1.62. The molecule has 2 rings (SSSR count). The fourth-order valence-corrected chi connectivity index (χ4v) is 2.45. The first-order chi connectivity index (χ1) is 9.20. The number of carbonyl (C=O) groups is 1. The summed E-state index contributed by atoms with van der Waals surface area (Å²) in [4.78, 5) is 14.0. The van der Waals surface area contributed by atoms with Crippen LogP contribution in [-0.4, -0.2) is 37.0 Å². The van der Waals surface area contributed by atoms with E-state index < -0.39 is 0 Å². The fraction of sp³-hybridized carbons (Fsp3) is 0.400. The molecule has 1 aromatic carbocycles. The second-order valence-electron chi connectivity index (χ2n) is 4.77. The molecular formula is C15H19FN2O. The van der Waals surface area contributed by atoms with Crippen LogP contribution >= 0.6 is 0 Å². The van der Waals surface area contributed by atoms with E-state index in [9.17, 15) is 9.18 Å². The highest BCUT2D eigenvalue weighted by atomic mass is 19.1. The van der Waals surface area contributed by atoms with Crippen LogP contribution in [0.4, 0.5) is 4.39 Å². The Hall–Kier alpha value is -1.68. The van der Waals surface area contributed by atoms with Crippen molar-refractivity contribution in [2.24, 2.45) is 0 Å². The molecule has 0 spiro atoms. The van der Waals surface area contributed by atoms with Crippen molar-refractivity contribution in [2.75, 3.05) is 20.1 Å². The van der Waals surface area contributed by atoms with Crippen LogP contribution in [0.3, 0.4) is 0 Å². The monoisotopic (exact) mass is 262 g/mol. The number of rotatable bonds is 4. The van der Waals surface area contributed by atoms with Crippen LogP contribution in [0.5, 0.6) is 0 Å². The van der Waals surface area contributed by atoms with Gasteiger partial charge in [-0.15, -0.1) is 0 Å². The predicted molar refractivity (Wildman–Crippen MR) is 74.1 cm³/mol. The maximum absolute atomic E-state index is 13.0. The predicted octanol–water partition coefficient (Wildman–Crippen LogP) is 2.05. The van der Waals surface area contributed by atoms with Crippen LogP contribution in [-0.2, 0) is 4.79 Å². The van der Waals surface area contributed by atoms with Crippen molar-refractivity contribution in [3.63, 3.8) is 0 Å². The number of amides is 1. The second kappa shape index (κ2) is 6.48. The van der Waals surface area contributed by atoms with E-state index in [0.29, 0.717) is 5.56 Å². The van der Waals surface area contributed by atoms with Gasteiger partial charge >= 0.3 is 0 Å². The lowest BCUT2D eigenvalue weighted by atomic mass is 10.2. The summed E-state index contributed by atoms with van der Waals surface area (Å²) in [5.74, 6) is -0.286. The first kappa shape index (κ1) is 13.7. The van der Waals surface area contributed by atoms with E-state index in [1.165, 1.54) is 18.2 Å². The van der Waals surface area contributed by atoms with Crippen molar-refractivity contribution in [1.82, 2.24) is 10.2 Å². The third kappa shape index (κ3) is 3.64. The molecule has 1 unspecified atom stereocenters. The zero-order chi connectivity index (χ0) is 13.7. The quantitative estimate of drug-likeness (QED) is 0.842. The standard InChI is InChI=1S/C15H19FN2O/c1-17-11-14-6-3-9-18(14)15(19)8-7-12-4-2-5-13(16)10-12/h2,4-5,7-8,10,14,17H,3,6,9,11H2,1H3/b8-7+. The Labute approximate surface area is 113 Å². The van der Waals surface area contributed by atoms with Gasteiger partial charge in [-0.25, -0.2) is 4.39 Å². The van der Waals surface area contributed by atoms with Crippen molar-refractivity contribution in [3.8, 4) is 0 Å². The lowest BCUT2D eigenvalue weighted by Gasteiger charge is -2.23. The number of nitrogens with one attached hydrogen (secondary N) is 1. The minimum Gasteiger partial charge on any atom is -0.335 e.